The lowest BCUT2D eigenvalue weighted by atomic mass is 9.67. The van der Waals surface area contributed by atoms with Gasteiger partial charge < -0.3 is 4.74 Å². The van der Waals surface area contributed by atoms with Crippen LogP contribution < -0.4 is 4.74 Å². The van der Waals surface area contributed by atoms with Crippen molar-refractivity contribution in [3.05, 3.63) is 42.0 Å². The van der Waals surface area contributed by atoms with Gasteiger partial charge in [0.25, 0.3) is 0 Å². The summed E-state index contributed by atoms with van der Waals surface area (Å²) in [6, 6.07) is 13.4. The van der Waals surface area contributed by atoms with E-state index in [0.717, 1.165) is 5.75 Å². The van der Waals surface area contributed by atoms with E-state index in [0.29, 0.717) is 12.0 Å². The molecule has 0 heterocycles. The van der Waals surface area contributed by atoms with Gasteiger partial charge >= 0.3 is 0 Å². The minimum atomic E-state index is 0. The van der Waals surface area contributed by atoms with Crippen LogP contribution in [0.25, 0.3) is 10.8 Å². The lowest BCUT2D eigenvalue weighted by Crippen LogP contribution is -2.28. The van der Waals surface area contributed by atoms with Crippen LogP contribution in [0.2, 0.25) is 0 Å². The van der Waals surface area contributed by atoms with Gasteiger partial charge in [-0.25, -0.2) is 0 Å². The molecule has 1 nitrogen and oxygen atoms in total. The van der Waals surface area contributed by atoms with Gasteiger partial charge in [0.05, 0.1) is 0 Å². The second kappa shape index (κ2) is 8.25. The van der Waals surface area contributed by atoms with E-state index >= 15 is 0 Å². The summed E-state index contributed by atoms with van der Waals surface area (Å²) in [5, 5.41) is 2.56. The molecule has 0 aliphatic heterocycles. The molecule has 0 N–H and O–H groups in total. The molecule has 2 aromatic rings. The summed E-state index contributed by atoms with van der Waals surface area (Å²) in [5.74, 6) is 6.69. The third-order valence-electron chi connectivity index (χ3n) is 5.40. The van der Waals surface area contributed by atoms with Crippen molar-refractivity contribution in [3.8, 4) is 17.6 Å². The van der Waals surface area contributed by atoms with Gasteiger partial charge in [0.15, 0.2) is 0 Å². The van der Waals surface area contributed by atoms with E-state index in [1.807, 2.05) is 6.92 Å². The first-order chi connectivity index (χ1) is 11.3. The quantitative estimate of drug-likeness (QED) is 0.585. The summed E-state index contributed by atoms with van der Waals surface area (Å²) < 4.78 is 5.67. The Kier molecular flexibility index (Phi) is 6.32. The van der Waals surface area contributed by atoms with Gasteiger partial charge in [0, 0.05) is 0 Å². The Labute approximate surface area is 147 Å². The largest absolute Gasteiger partial charge is 0.481 e. The molecule has 1 aliphatic carbocycles. The maximum absolute atomic E-state index is 5.67. The van der Waals surface area contributed by atoms with Crippen molar-refractivity contribution in [2.45, 2.75) is 65.2 Å². The zero-order valence-corrected chi connectivity index (χ0v) is 14.3. The van der Waals surface area contributed by atoms with Crippen molar-refractivity contribution in [2.75, 3.05) is 6.61 Å². The maximum atomic E-state index is 5.67. The molecule has 0 saturated heterocycles. The van der Waals surface area contributed by atoms with Gasteiger partial charge in [-0.05, 0) is 60.1 Å². The van der Waals surface area contributed by atoms with Crippen LogP contribution in [0, 0.1) is 11.8 Å². The van der Waals surface area contributed by atoms with E-state index in [1.165, 1.54) is 54.9 Å². The maximum Gasteiger partial charge on any atom is 0.149 e. The van der Waals surface area contributed by atoms with Gasteiger partial charge in [0.2, 0.25) is 0 Å². The molecule has 2 aromatic carbocycles. The van der Waals surface area contributed by atoms with Crippen LogP contribution in [0.3, 0.4) is 0 Å². The van der Waals surface area contributed by atoms with E-state index in [-0.39, 0.29) is 7.43 Å². The Morgan fingerprint density at radius 1 is 1.00 bits per heavy atom. The number of benzene rings is 2. The number of rotatable bonds is 4. The Bertz CT molecular complexity index is 727. The zero-order chi connectivity index (χ0) is 16.1. The van der Waals surface area contributed by atoms with Crippen molar-refractivity contribution < 1.29 is 4.74 Å². The Morgan fingerprint density at radius 3 is 2.42 bits per heavy atom. The van der Waals surface area contributed by atoms with Crippen molar-refractivity contribution >= 4 is 10.8 Å². The van der Waals surface area contributed by atoms with Crippen LogP contribution >= 0.6 is 0 Å². The normalized spacial score (nSPS) is 15.9. The van der Waals surface area contributed by atoms with Gasteiger partial charge in [-0.2, -0.15) is 0 Å². The highest BCUT2D eigenvalue weighted by Crippen LogP contribution is 2.42. The van der Waals surface area contributed by atoms with Crippen LogP contribution in [0.15, 0.2) is 36.4 Å². The fourth-order valence-electron chi connectivity index (χ4n) is 3.91. The Balaban J connectivity index is 0.00000208. The van der Waals surface area contributed by atoms with Crippen molar-refractivity contribution in [2.24, 2.45) is 0 Å². The highest BCUT2D eigenvalue weighted by molar-refractivity contribution is 5.84. The third-order valence-corrected chi connectivity index (χ3v) is 5.40. The minimum absolute atomic E-state index is 0. The van der Waals surface area contributed by atoms with Crippen LogP contribution in [-0.4, -0.2) is 6.61 Å². The zero-order valence-electron chi connectivity index (χ0n) is 14.3. The highest BCUT2D eigenvalue weighted by Gasteiger charge is 2.31. The Morgan fingerprint density at radius 2 is 1.71 bits per heavy atom. The third kappa shape index (κ3) is 3.75. The molecule has 0 aromatic heterocycles. The highest BCUT2D eigenvalue weighted by atomic mass is 16.5. The van der Waals surface area contributed by atoms with E-state index in [4.69, 9.17) is 4.74 Å². The first-order valence-electron chi connectivity index (χ1n) is 8.84. The van der Waals surface area contributed by atoms with Gasteiger partial charge in [-0.1, -0.05) is 63.8 Å². The second-order valence-corrected chi connectivity index (χ2v) is 6.63. The van der Waals surface area contributed by atoms with Crippen LogP contribution in [-0.2, 0) is 5.41 Å². The predicted molar refractivity (Wildman–Crippen MR) is 105 cm³/mol. The summed E-state index contributed by atoms with van der Waals surface area (Å²) in [5.41, 5.74) is 1.93. The molecular weight excluding hydrogens is 292 g/mol. The molecule has 128 valence electrons. The lowest BCUT2D eigenvalue weighted by molar-refractivity contribution is 0.283. The molecule has 0 radical (unpaired) electrons. The molecular formula is C23H30O. The first-order valence-corrected chi connectivity index (χ1v) is 8.84. The molecule has 0 bridgehead atoms. The van der Waals surface area contributed by atoms with E-state index in [9.17, 15) is 0 Å². The monoisotopic (exact) mass is 322 g/mol. The molecule has 0 spiro atoms. The SMILES string of the molecule is C.CC#CCOc1ccc2cc(C3(CC)CCCCC3)ccc2c1. The Hall–Kier alpha value is -1.94. The summed E-state index contributed by atoms with van der Waals surface area (Å²) in [7, 11) is 0. The molecule has 0 unspecified atom stereocenters. The number of hydrogen-bond acceptors (Lipinski definition) is 1. The first kappa shape index (κ1) is 18.4. The molecule has 1 aliphatic rings. The molecule has 1 fully saturated rings. The average Bonchev–Trinajstić information content (AvgIpc) is 2.62. The fourth-order valence-corrected chi connectivity index (χ4v) is 3.91. The molecule has 24 heavy (non-hydrogen) atoms. The number of ether oxygens (including phenoxy) is 1. The molecule has 0 atom stereocenters. The van der Waals surface area contributed by atoms with Gasteiger partial charge in [-0.3, -0.25) is 0 Å². The smallest absolute Gasteiger partial charge is 0.149 e. The van der Waals surface area contributed by atoms with Crippen LogP contribution in [0.5, 0.6) is 5.75 Å². The molecule has 0 amide bonds. The minimum Gasteiger partial charge on any atom is -0.481 e. The molecule has 1 saturated carbocycles. The van der Waals surface area contributed by atoms with E-state index in [1.54, 1.807) is 0 Å². The number of hydrogen-bond donors (Lipinski definition) is 0. The molecule has 3 rings (SSSR count). The van der Waals surface area contributed by atoms with Gasteiger partial charge in [-0.15, -0.1) is 5.92 Å². The summed E-state index contributed by atoms with van der Waals surface area (Å²) in [4.78, 5) is 0. The summed E-state index contributed by atoms with van der Waals surface area (Å²) in [6.45, 7) is 4.64. The standard InChI is InChI=1S/C22H26O.CH4/c1-3-5-15-23-21-12-10-18-16-20(11-9-19(18)17-21)22(4-2)13-7-6-8-14-22;/h9-12,16-17H,4,6-8,13-15H2,1-2H3;1H4. The van der Waals surface area contributed by atoms with E-state index in [2.05, 4.69) is 55.2 Å². The number of fused-ring (bicyclic) bond motifs is 1. The van der Waals surface area contributed by atoms with E-state index < -0.39 is 0 Å². The summed E-state index contributed by atoms with van der Waals surface area (Å²) >= 11 is 0. The predicted octanol–water partition coefficient (Wildman–Crippen LogP) is 6.49. The van der Waals surface area contributed by atoms with Crippen molar-refractivity contribution in [1.82, 2.24) is 0 Å². The average molecular weight is 322 g/mol. The van der Waals surface area contributed by atoms with Crippen LogP contribution in [0.1, 0.15) is 65.4 Å². The fraction of sp³-hybridized carbons (Fsp3) is 0.478. The van der Waals surface area contributed by atoms with Crippen molar-refractivity contribution in [1.29, 1.82) is 0 Å². The second-order valence-electron chi connectivity index (χ2n) is 6.63. The topological polar surface area (TPSA) is 9.23 Å². The van der Waals surface area contributed by atoms with Crippen molar-refractivity contribution in [3.63, 3.8) is 0 Å². The lowest BCUT2D eigenvalue weighted by Gasteiger charge is -2.37. The van der Waals surface area contributed by atoms with Crippen LogP contribution in [0.4, 0.5) is 0 Å². The van der Waals surface area contributed by atoms with Gasteiger partial charge in [0.1, 0.15) is 12.4 Å². The molecule has 1 heteroatoms. The summed E-state index contributed by atoms with van der Waals surface area (Å²) in [6.07, 6.45) is 8.07.